The van der Waals surface area contributed by atoms with Crippen LogP contribution in [0, 0.1) is 11.3 Å². The predicted molar refractivity (Wildman–Crippen MR) is 106 cm³/mol. The molecule has 1 aliphatic heterocycles. The van der Waals surface area contributed by atoms with Gasteiger partial charge in [-0.15, -0.1) is 0 Å². The summed E-state index contributed by atoms with van der Waals surface area (Å²) in [6.07, 6.45) is 1.94. The quantitative estimate of drug-likeness (QED) is 0.510. The maximum absolute atomic E-state index is 12.8. The summed E-state index contributed by atoms with van der Waals surface area (Å²) in [5, 5.41) is 14.9. The molecule has 0 saturated carbocycles. The number of sulfonamides is 1. The van der Waals surface area contributed by atoms with Gasteiger partial charge in [0, 0.05) is 25.3 Å². The maximum atomic E-state index is 12.8. The summed E-state index contributed by atoms with van der Waals surface area (Å²) >= 11 is 6.14. The minimum Gasteiger partial charge on any atom is -0.379 e. The minimum absolute atomic E-state index is 0.0669. The Morgan fingerprint density at radius 3 is 2.71 bits per heavy atom. The summed E-state index contributed by atoms with van der Waals surface area (Å²) in [6.45, 7) is 5.00. The van der Waals surface area contributed by atoms with E-state index in [4.69, 9.17) is 16.3 Å². The van der Waals surface area contributed by atoms with Crippen LogP contribution in [0.4, 0.5) is 5.69 Å². The number of hydrogen-bond acceptors (Lipinski definition) is 6. The third-order valence-electron chi connectivity index (χ3n) is 4.27. The smallest absolute Gasteiger partial charge is 0.263 e. The van der Waals surface area contributed by atoms with Crippen LogP contribution >= 0.6 is 11.6 Å². The van der Waals surface area contributed by atoms with E-state index in [1.165, 1.54) is 28.7 Å². The molecule has 1 aromatic carbocycles. The van der Waals surface area contributed by atoms with E-state index >= 15 is 0 Å². The van der Waals surface area contributed by atoms with Gasteiger partial charge in [0.2, 0.25) is 10.0 Å². The number of benzene rings is 1. The SMILES string of the molecule is CCC(C)NC(=O)/C(C#N)=C\Nc1cc(S(=O)(=O)N2CCOCC2)ccc1Cl. The van der Waals surface area contributed by atoms with Crippen LogP contribution in [0.2, 0.25) is 5.02 Å². The first-order valence-corrected chi connectivity index (χ1v) is 10.7. The van der Waals surface area contributed by atoms with Gasteiger partial charge < -0.3 is 15.4 Å². The molecule has 1 heterocycles. The molecule has 0 radical (unpaired) electrons. The summed E-state index contributed by atoms with van der Waals surface area (Å²) in [5.41, 5.74) is 0.137. The summed E-state index contributed by atoms with van der Waals surface area (Å²) in [4.78, 5) is 12.2. The average molecular weight is 427 g/mol. The molecule has 1 aliphatic rings. The van der Waals surface area contributed by atoms with Crippen LogP contribution in [0.15, 0.2) is 34.9 Å². The second-order valence-corrected chi connectivity index (χ2v) is 8.60. The number of amides is 1. The third-order valence-corrected chi connectivity index (χ3v) is 6.50. The van der Waals surface area contributed by atoms with E-state index in [0.29, 0.717) is 13.2 Å². The highest BCUT2D eigenvalue weighted by Crippen LogP contribution is 2.27. The van der Waals surface area contributed by atoms with Gasteiger partial charge in [0.05, 0.1) is 28.8 Å². The fourth-order valence-electron chi connectivity index (χ4n) is 2.41. The zero-order chi connectivity index (χ0) is 20.7. The summed E-state index contributed by atoms with van der Waals surface area (Å²) < 4.78 is 32.1. The first kappa shape index (κ1) is 22.2. The fourth-order valence-corrected chi connectivity index (χ4v) is 4.02. The standard InChI is InChI=1S/C18H23ClN4O4S/c1-3-13(2)22-18(24)14(11-20)12-21-17-10-15(4-5-16(17)19)28(25,26)23-6-8-27-9-7-23/h4-5,10,12-13,21H,3,6-9H2,1-2H3,(H,22,24)/b14-12-. The number of anilines is 1. The molecule has 0 bridgehead atoms. The maximum Gasteiger partial charge on any atom is 0.263 e. The molecule has 28 heavy (non-hydrogen) atoms. The van der Waals surface area contributed by atoms with Gasteiger partial charge in [-0.25, -0.2) is 8.42 Å². The van der Waals surface area contributed by atoms with Crippen molar-refractivity contribution in [2.24, 2.45) is 0 Å². The molecular formula is C18H23ClN4O4S. The number of rotatable bonds is 7. The van der Waals surface area contributed by atoms with Gasteiger partial charge >= 0.3 is 0 Å². The zero-order valence-corrected chi connectivity index (χ0v) is 17.3. The van der Waals surface area contributed by atoms with Crippen LogP contribution in [0.3, 0.4) is 0 Å². The van der Waals surface area contributed by atoms with E-state index in [1.54, 1.807) is 0 Å². The van der Waals surface area contributed by atoms with Gasteiger partial charge in [-0.1, -0.05) is 18.5 Å². The van der Waals surface area contributed by atoms with Crippen molar-refractivity contribution in [3.8, 4) is 6.07 Å². The number of hydrogen-bond donors (Lipinski definition) is 2. The average Bonchev–Trinajstić information content (AvgIpc) is 2.70. The molecule has 1 aromatic rings. The Hall–Kier alpha value is -2.12. The zero-order valence-electron chi connectivity index (χ0n) is 15.7. The van der Waals surface area contributed by atoms with E-state index in [0.717, 1.165) is 6.42 Å². The summed E-state index contributed by atoms with van der Waals surface area (Å²) in [5.74, 6) is -0.516. The van der Waals surface area contributed by atoms with Crippen LogP contribution < -0.4 is 10.6 Å². The molecule has 0 aromatic heterocycles. The first-order valence-electron chi connectivity index (χ1n) is 8.84. The van der Waals surface area contributed by atoms with Gasteiger partial charge in [0.25, 0.3) is 5.91 Å². The van der Waals surface area contributed by atoms with Crippen LogP contribution in [0.5, 0.6) is 0 Å². The summed E-state index contributed by atoms with van der Waals surface area (Å²) in [6, 6.07) is 6.00. The number of nitriles is 1. The first-order chi connectivity index (χ1) is 13.3. The number of carbonyl (C=O) groups excluding carboxylic acids is 1. The van der Waals surface area contributed by atoms with Crippen molar-refractivity contribution < 1.29 is 17.9 Å². The largest absolute Gasteiger partial charge is 0.379 e. The lowest BCUT2D eigenvalue weighted by Crippen LogP contribution is -2.40. The normalized spacial score (nSPS) is 16.9. The number of nitrogens with zero attached hydrogens (tertiary/aromatic N) is 2. The number of ether oxygens (including phenoxy) is 1. The Bertz CT molecular complexity index is 889. The van der Waals surface area contributed by atoms with E-state index < -0.39 is 15.9 Å². The Morgan fingerprint density at radius 2 is 2.11 bits per heavy atom. The minimum atomic E-state index is -3.69. The molecule has 1 unspecified atom stereocenters. The van der Waals surface area contributed by atoms with Gasteiger partial charge in [-0.3, -0.25) is 4.79 Å². The topological polar surface area (TPSA) is 112 Å². The van der Waals surface area contributed by atoms with Gasteiger partial charge in [-0.05, 0) is 31.5 Å². The van der Waals surface area contributed by atoms with E-state index in [-0.39, 0.29) is 40.3 Å². The van der Waals surface area contributed by atoms with Crippen molar-refractivity contribution in [1.82, 2.24) is 9.62 Å². The predicted octanol–water partition coefficient (Wildman–Crippen LogP) is 2.09. The number of halogens is 1. The third kappa shape index (κ3) is 5.45. The van der Waals surface area contributed by atoms with E-state index in [1.807, 2.05) is 19.9 Å². The monoisotopic (exact) mass is 426 g/mol. The Labute approximate surface area is 170 Å². The Balaban J connectivity index is 2.23. The van der Waals surface area contributed by atoms with Crippen LogP contribution in [0.1, 0.15) is 20.3 Å². The van der Waals surface area contributed by atoms with Crippen LogP contribution in [-0.4, -0.2) is 51.0 Å². The number of nitrogens with one attached hydrogen (secondary N) is 2. The summed E-state index contributed by atoms with van der Waals surface area (Å²) in [7, 11) is -3.69. The van der Waals surface area contributed by atoms with Crippen LogP contribution in [-0.2, 0) is 19.6 Å². The van der Waals surface area contributed by atoms with E-state index in [2.05, 4.69) is 10.6 Å². The Kier molecular flexibility index (Phi) is 7.83. The molecule has 0 spiro atoms. The van der Waals surface area contributed by atoms with Crippen molar-refractivity contribution in [3.63, 3.8) is 0 Å². The molecular weight excluding hydrogens is 404 g/mol. The molecule has 8 nitrogen and oxygen atoms in total. The van der Waals surface area contributed by atoms with Crippen molar-refractivity contribution in [2.75, 3.05) is 31.6 Å². The molecule has 10 heteroatoms. The molecule has 1 atom stereocenters. The second kappa shape index (κ2) is 9.89. The van der Waals surface area contributed by atoms with Crippen LogP contribution in [0.25, 0.3) is 0 Å². The molecule has 2 rings (SSSR count). The van der Waals surface area contributed by atoms with Crippen molar-refractivity contribution in [3.05, 3.63) is 35.0 Å². The van der Waals surface area contributed by atoms with Crippen molar-refractivity contribution >= 4 is 33.2 Å². The fraction of sp³-hybridized carbons (Fsp3) is 0.444. The highest BCUT2D eigenvalue weighted by atomic mass is 35.5. The van der Waals surface area contributed by atoms with Crippen molar-refractivity contribution in [1.29, 1.82) is 5.26 Å². The van der Waals surface area contributed by atoms with Gasteiger partial charge in [0.15, 0.2) is 0 Å². The van der Waals surface area contributed by atoms with Crippen molar-refractivity contribution in [2.45, 2.75) is 31.2 Å². The second-order valence-electron chi connectivity index (χ2n) is 6.26. The lowest BCUT2D eigenvalue weighted by molar-refractivity contribution is -0.117. The molecule has 1 amide bonds. The lowest BCUT2D eigenvalue weighted by atomic mass is 10.2. The highest BCUT2D eigenvalue weighted by Gasteiger charge is 2.26. The molecule has 152 valence electrons. The molecule has 1 saturated heterocycles. The highest BCUT2D eigenvalue weighted by molar-refractivity contribution is 7.89. The Morgan fingerprint density at radius 1 is 1.43 bits per heavy atom. The number of carbonyl (C=O) groups is 1. The molecule has 1 fully saturated rings. The van der Waals surface area contributed by atoms with Gasteiger partial charge in [0.1, 0.15) is 11.6 Å². The van der Waals surface area contributed by atoms with E-state index in [9.17, 15) is 18.5 Å². The molecule has 0 aliphatic carbocycles. The lowest BCUT2D eigenvalue weighted by Gasteiger charge is -2.26. The van der Waals surface area contributed by atoms with Gasteiger partial charge in [-0.2, -0.15) is 9.57 Å². The number of morpholine rings is 1. The molecule has 2 N–H and O–H groups in total.